The van der Waals surface area contributed by atoms with Crippen molar-refractivity contribution >= 4 is 17.9 Å². The number of allylic oxidation sites excluding steroid dienone is 6. The van der Waals surface area contributed by atoms with Crippen LogP contribution in [0.4, 0.5) is 0 Å². The van der Waals surface area contributed by atoms with Gasteiger partial charge in [-0.25, -0.2) is 0 Å². The maximum atomic E-state index is 12.9. The molecule has 0 rings (SSSR count). The zero-order chi connectivity index (χ0) is 57.8. The molecule has 0 saturated heterocycles. The fourth-order valence-corrected chi connectivity index (χ4v) is 10.9. The monoisotopic (exact) mass is 1120 g/mol. The Morgan fingerprint density at radius 2 is 0.450 bits per heavy atom. The molecule has 80 heavy (non-hydrogen) atoms. The molecular weight excluding hydrogens is 985 g/mol. The molecule has 0 saturated carbocycles. The van der Waals surface area contributed by atoms with Crippen LogP contribution in [-0.4, -0.2) is 37.2 Å². The van der Waals surface area contributed by atoms with Gasteiger partial charge >= 0.3 is 17.9 Å². The van der Waals surface area contributed by atoms with Crippen LogP contribution in [0, 0.1) is 0 Å². The van der Waals surface area contributed by atoms with Gasteiger partial charge in [0.25, 0.3) is 0 Å². The molecule has 0 spiro atoms. The van der Waals surface area contributed by atoms with Crippen molar-refractivity contribution in [2.45, 2.75) is 406 Å². The molecule has 0 aliphatic rings. The minimum absolute atomic E-state index is 0.0765. The van der Waals surface area contributed by atoms with Crippen LogP contribution >= 0.6 is 0 Å². The van der Waals surface area contributed by atoms with Crippen molar-refractivity contribution in [2.75, 3.05) is 13.2 Å². The number of hydrogen-bond acceptors (Lipinski definition) is 6. The van der Waals surface area contributed by atoms with Crippen molar-refractivity contribution in [3.05, 3.63) is 36.5 Å². The van der Waals surface area contributed by atoms with E-state index in [0.717, 1.165) is 89.9 Å². The lowest BCUT2D eigenvalue weighted by atomic mass is 10.0. The van der Waals surface area contributed by atoms with Crippen LogP contribution in [0.3, 0.4) is 0 Å². The first-order chi connectivity index (χ1) is 39.5. The molecule has 0 aromatic heterocycles. The summed E-state index contributed by atoms with van der Waals surface area (Å²) in [6.07, 6.45) is 86.3. The summed E-state index contributed by atoms with van der Waals surface area (Å²) >= 11 is 0. The van der Waals surface area contributed by atoms with Crippen LogP contribution < -0.4 is 0 Å². The van der Waals surface area contributed by atoms with Crippen LogP contribution in [-0.2, 0) is 28.6 Å². The Hall–Kier alpha value is -2.37. The number of unbranched alkanes of at least 4 members (excludes halogenated alkanes) is 50. The van der Waals surface area contributed by atoms with Gasteiger partial charge in [0.2, 0.25) is 0 Å². The number of rotatable bonds is 67. The molecule has 470 valence electrons. The summed E-state index contributed by atoms with van der Waals surface area (Å²) in [5, 5.41) is 0. The van der Waals surface area contributed by atoms with Crippen LogP contribution in [0.25, 0.3) is 0 Å². The van der Waals surface area contributed by atoms with E-state index in [1.807, 2.05) is 0 Å². The van der Waals surface area contributed by atoms with Crippen LogP contribution in [0.2, 0.25) is 0 Å². The van der Waals surface area contributed by atoms with E-state index in [2.05, 4.69) is 57.2 Å². The van der Waals surface area contributed by atoms with Gasteiger partial charge in [0, 0.05) is 19.3 Å². The van der Waals surface area contributed by atoms with Gasteiger partial charge in [-0.05, 0) is 77.0 Å². The Labute approximate surface area is 499 Å². The normalized spacial score (nSPS) is 12.2. The molecule has 6 nitrogen and oxygen atoms in total. The number of carbonyl (C=O) groups is 3. The number of ether oxygens (including phenoxy) is 3. The average molecular weight is 1120 g/mol. The highest BCUT2D eigenvalue weighted by atomic mass is 16.6. The molecule has 0 heterocycles. The lowest BCUT2D eigenvalue weighted by molar-refractivity contribution is -0.167. The van der Waals surface area contributed by atoms with E-state index >= 15 is 0 Å². The zero-order valence-corrected chi connectivity index (χ0v) is 54.1. The maximum Gasteiger partial charge on any atom is 0.306 e. The first kappa shape index (κ1) is 77.6. The topological polar surface area (TPSA) is 78.9 Å². The van der Waals surface area contributed by atoms with Crippen molar-refractivity contribution in [1.29, 1.82) is 0 Å². The summed E-state index contributed by atoms with van der Waals surface area (Å²) in [6.45, 7) is 6.64. The van der Waals surface area contributed by atoms with E-state index in [0.29, 0.717) is 19.3 Å². The first-order valence-corrected chi connectivity index (χ1v) is 36.0. The molecule has 0 aromatic rings. The van der Waals surface area contributed by atoms with Crippen molar-refractivity contribution in [1.82, 2.24) is 0 Å². The van der Waals surface area contributed by atoms with E-state index in [1.165, 1.54) is 270 Å². The van der Waals surface area contributed by atoms with Crippen molar-refractivity contribution < 1.29 is 28.6 Å². The van der Waals surface area contributed by atoms with E-state index in [-0.39, 0.29) is 31.1 Å². The third-order valence-electron chi connectivity index (χ3n) is 16.4. The highest BCUT2D eigenvalue weighted by Gasteiger charge is 2.19. The van der Waals surface area contributed by atoms with Gasteiger partial charge < -0.3 is 14.2 Å². The highest BCUT2D eigenvalue weighted by molar-refractivity contribution is 5.71. The molecule has 6 heteroatoms. The van der Waals surface area contributed by atoms with Crippen molar-refractivity contribution in [2.24, 2.45) is 0 Å². The van der Waals surface area contributed by atoms with E-state index in [4.69, 9.17) is 14.2 Å². The molecule has 0 fully saturated rings. The summed E-state index contributed by atoms with van der Waals surface area (Å²) < 4.78 is 16.9. The smallest absolute Gasteiger partial charge is 0.306 e. The van der Waals surface area contributed by atoms with E-state index in [9.17, 15) is 14.4 Å². The highest BCUT2D eigenvalue weighted by Crippen LogP contribution is 2.19. The largest absolute Gasteiger partial charge is 0.462 e. The molecule has 1 atom stereocenters. The van der Waals surface area contributed by atoms with Crippen molar-refractivity contribution in [3.63, 3.8) is 0 Å². The molecule has 0 aliphatic carbocycles. The molecular formula is C74H138O6. The second-order valence-electron chi connectivity index (χ2n) is 24.5. The SMILES string of the molecule is CCCCC/C=C\CCCCCCCC(=O)OCC(COC(=O)CCCCCCCCCCCCCCCCCCCCCCCCCCCCCCCCCCCC)OC(=O)CCCCCCC/C=C\C/C=C\CCCCCC. The predicted octanol–water partition coefficient (Wildman–Crippen LogP) is 24.7. The van der Waals surface area contributed by atoms with Crippen LogP contribution in [0.1, 0.15) is 400 Å². The molecule has 1 unspecified atom stereocenters. The number of carbonyl (C=O) groups excluding carboxylic acids is 3. The van der Waals surface area contributed by atoms with Crippen LogP contribution in [0.5, 0.6) is 0 Å². The van der Waals surface area contributed by atoms with E-state index < -0.39 is 6.10 Å². The Balaban J connectivity index is 4.05. The van der Waals surface area contributed by atoms with Gasteiger partial charge in [0.05, 0.1) is 0 Å². The third kappa shape index (κ3) is 66.4. The third-order valence-corrected chi connectivity index (χ3v) is 16.4. The predicted molar refractivity (Wildman–Crippen MR) is 349 cm³/mol. The summed E-state index contributed by atoms with van der Waals surface area (Å²) in [6, 6.07) is 0. The van der Waals surface area contributed by atoms with Gasteiger partial charge in [-0.2, -0.15) is 0 Å². The maximum absolute atomic E-state index is 12.9. The number of hydrogen-bond donors (Lipinski definition) is 0. The van der Waals surface area contributed by atoms with E-state index in [1.54, 1.807) is 0 Å². The quantitative estimate of drug-likeness (QED) is 0.0261. The standard InChI is InChI=1S/C74H138O6/c1-4-7-10-13-16-19-22-25-27-29-30-31-32-33-34-35-36-37-38-39-40-41-42-43-44-45-46-48-49-52-55-58-61-64-67-73(76)79-70-71(69-78-72(75)66-63-60-57-54-51-24-21-18-15-12-9-6-3)80-74(77)68-65-62-59-56-53-50-47-28-26-23-20-17-14-11-8-5-2/h18,20-21,23,28,47,71H,4-17,19,22,24-27,29-46,48-70H2,1-3H3/b21-18-,23-20-,47-28-. The minimum Gasteiger partial charge on any atom is -0.462 e. The minimum atomic E-state index is -0.781. The average Bonchev–Trinajstić information content (AvgIpc) is 3.46. The molecule has 0 N–H and O–H groups in total. The Bertz CT molecular complexity index is 1340. The summed E-state index contributed by atoms with van der Waals surface area (Å²) in [4.78, 5) is 38.3. The Morgan fingerprint density at radius 3 is 0.738 bits per heavy atom. The molecule has 0 aliphatic heterocycles. The fourth-order valence-electron chi connectivity index (χ4n) is 10.9. The lowest BCUT2D eigenvalue weighted by Crippen LogP contribution is -2.30. The van der Waals surface area contributed by atoms with Gasteiger partial charge in [-0.15, -0.1) is 0 Å². The van der Waals surface area contributed by atoms with Gasteiger partial charge in [0.15, 0.2) is 6.10 Å². The first-order valence-electron chi connectivity index (χ1n) is 36.0. The van der Waals surface area contributed by atoms with Crippen LogP contribution in [0.15, 0.2) is 36.5 Å². The molecule has 0 aromatic carbocycles. The number of esters is 3. The summed E-state index contributed by atoms with van der Waals surface area (Å²) in [5.41, 5.74) is 0. The molecule has 0 bridgehead atoms. The second-order valence-corrected chi connectivity index (χ2v) is 24.5. The fraction of sp³-hybridized carbons (Fsp3) is 0.878. The molecule has 0 amide bonds. The molecule has 0 radical (unpaired) electrons. The second kappa shape index (κ2) is 69.1. The Morgan fingerprint density at radius 1 is 0.250 bits per heavy atom. The summed E-state index contributed by atoms with van der Waals surface area (Å²) in [7, 11) is 0. The van der Waals surface area contributed by atoms with Gasteiger partial charge in [-0.3, -0.25) is 14.4 Å². The zero-order valence-electron chi connectivity index (χ0n) is 54.1. The Kier molecular flexibility index (Phi) is 67.1. The van der Waals surface area contributed by atoms with Gasteiger partial charge in [-0.1, -0.05) is 340 Å². The summed E-state index contributed by atoms with van der Waals surface area (Å²) in [5.74, 6) is -0.877. The van der Waals surface area contributed by atoms with Crippen molar-refractivity contribution in [3.8, 4) is 0 Å². The lowest BCUT2D eigenvalue weighted by Gasteiger charge is -2.18. The van der Waals surface area contributed by atoms with Gasteiger partial charge in [0.1, 0.15) is 13.2 Å².